The lowest BCUT2D eigenvalue weighted by Crippen LogP contribution is -2.09. The summed E-state index contributed by atoms with van der Waals surface area (Å²) in [4.78, 5) is 11.6. The van der Waals surface area contributed by atoms with Crippen molar-refractivity contribution in [2.24, 2.45) is 0 Å². The first-order valence-electron chi connectivity index (χ1n) is 6.14. The van der Waals surface area contributed by atoms with Gasteiger partial charge in [0, 0.05) is 11.9 Å². The van der Waals surface area contributed by atoms with Crippen molar-refractivity contribution >= 4 is 5.97 Å². The van der Waals surface area contributed by atoms with Crippen LogP contribution in [0.2, 0.25) is 0 Å². The lowest BCUT2D eigenvalue weighted by Gasteiger charge is -2.11. The van der Waals surface area contributed by atoms with E-state index in [-0.39, 0.29) is 12.1 Å². The summed E-state index contributed by atoms with van der Waals surface area (Å²) < 4.78 is 12.1. The first-order chi connectivity index (χ1) is 9.11. The van der Waals surface area contributed by atoms with E-state index in [9.17, 15) is 4.79 Å². The Morgan fingerprint density at radius 2 is 1.84 bits per heavy atom. The number of ether oxygens (including phenoxy) is 2. The minimum Gasteiger partial charge on any atom is -0.491 e. The fourth-order valence-electron chi connectivity index (χ4n) is 1.83. The monoisotopic (exact) mass is 259 g/mol. The van der Waals surface area contributed by atoms with Crippen LogP contribution in [0.1, 0.15) is 24.3 Å². The van der Waals surface area contributed by atoms with Crippen LogP contribution >= 0.6 is 0 Å². The van der Waals surface area contributed by atoms with E-state index in [0.717, 1.165) is 11.4 Å². The highest BCUT2D eigenvalue weighted by Gasteiger charge is 2.11. The molecule has 0 spiro atoms. The second-order valence-corrected chi connectivity index (χ2v) is 4.42. The van der Waals surface area contributed by atoms with Crippen LogP contribution in [0, 0.1) is 0 Å². The molecule has 0 bridgehead atoms. The average molecular weight is 259 g/mol. The predicted molar refractivity (Wildman–Crippen MR) is 72.9 cm³/mol. The molecule has 0 fully saturated rings. The van der Waals surface area contributed by atoms with Crippen LogP contribution < -0.4 is 4.74 Å². The number of aromatic nitrogens is 1. The SMILES string of the molecule is COC(=O)c1cccn1-c1ccc(OC(C)C)cc1. The van der Waals surface area contributed by atoms with Crippen molar-refractivity contribution in [3.8, 4) is 11.4 Å². The van der Waals surface area contributed by atoms with Gasteiger partial charge in [-0.25, -0.2) is 4.79 Å². The van der Waals surface area contributed by atoms with Gasteiger partial charge in [0.05, 0.1) is 13.2 Å². The van der Waals surface area contributed by atoms with Gasteiger partial charge in [-0.2, -0.15) is 0 Å². The number of esters is 1. The van der Waals surface area contributed by atoms with E-state index in [1.165, 1.54) is 7.11 Å². The fraction of sp³-hybridized carbons (Fsp3) is 0.267. The Balaban J connectivity index is 2.28. The normalized spacial score (nSPS) is 10.5. The van der Waals surface area contributed by atoms with Crippen LogP contribution in [0.5, 0.6) is 5.75 Å². The van der Waals surface area contributed by atoms with Crippen molar-refractivity contribution in [3.05, 3.63) is 48.3 Å². The van der Waals surface area contributed by atoms with Crippen LogP contribution in [0.15, 0.2) is 42.6 Å². The third-order valence-electron chi connectivity index (χ3n) is 2.63. The van der Waals surface area contributed by atoms with Gasteiger partial charge < -0.3 is 14.0 Å². The molecule has 0 atom stereocenters. The van der Waals surface area contributed by atoms with Gasteiger partial charge >= 0.3 is 5.97 Å². The van der Waals surface area contributed by atoms with Crippen LogP contribution in [-0.2, 0) is 4.74 Å². The summed E-state index contributed by atoms with van der Waals surface area (Å²) in [6.45, 7) is 3.96. The Labute approximate surface area is 112 Å². The van der Waals surface area contributed by atoms with Gasteiger partial charge in [-0.1, -0.05) is 0 Å². The van der Waals surface area contributed by atoms with Crippen molar-refractivity contribution in [1.29, 1.82) is 0 Å². The molecule has 4 heteroatoms. The number of hydrogen-bond donors (Lipinski definition) is 0. The van der Waals surface area contributed by atoms with Crippen LogP contribution in [-0.4, -0.2) is 23.8 Å². The Morgan fingerprint density at radius 1 is 1.16 bits per heavy atom. The molecule has 0 aliphatic rings. The van der Waals surface area contributed by atoms with Crippen molar-refractivity contribution in [2.75, 3.05) is 7.11 Å². The number of benzene rings is 1. The number of carbonyl (C=O) groups is 1. The van der Waals surface area contributed by atoms with E-state index in [1.807, 2.05) is 50.4 Å². The van der Waals surface area contributed by atoms with E-state index < -0.39 is 0 Å². The second kappa shape index (κ2) is 5.61. The Bertz CT molecular complexity index is 555. The molecule has 2 rings (SSSR count). The standard InChI is InChI=1S/C15H17NO3/c1-11(2)19-13-8-6-12(7-9-13)16-10-4-5-14(16)15(17)18-3/h4-11H,1-3H3. The molecule has 0 amide bonds. The van der Waals surface area contributed by atoms with Crippen molar-refractivity contribution in [1.82, 2.24) is 4.57 Å². The predicted octanol–water partition coefficient (Wildman–Crippen LogP) is 3.05. The molecular formula is C15H17NO3. The van der Waals surface area contributed by atoms with Crippen molar-refractivity contribution in [2.45, 2.75) is 20.0 Å². The summed E-state index contributed by atoms with van der Waals surface area (Å²) in [6, 6.07) is 11.1. The summed E-state index contributed by atoms with van der Waals surface area (Å²) in [5.41, 5.74) is 1.39. The first-order valence-corrected chi connectivity index (χ1v) is 6.14. The summed E-state index contributed by atoms with van der Waals surface area (Å²) in [7, 11) is 1.37. The number of nitrogens with zero attached hydrogens (tertiary/aromatic N) is 1. The van der Waals surface area contributed by atoms with E-state index in [4.69, 9.17) is 9.47 Å². The number of rotatable bonds is 4. The van der Waals surface area contributed by atoms with E-state index in [0.29, 0.717) is 5.69 Å². The molecule has 1 heterocycles. The Morgan fingerprint density at radius 3 is 2.42 bits per heavy atom. The lowest BCUT2D eigenvalue weighted by molar-refractivity contribution is 0.0591. The molecule has 19 heavy (non-hydrogen) atoms. The zero-order valence-electron chi connectivity index (χ0n) is 11.3. The quantitative estimate of drug-likeness (QED) is 0.792. The number of carbonyl (C=O) groups excluding carboxylic acids is 1. The minimum atomic E-state index is -0.354. The smallest absolute Gasteiger partial charge is 0.355 e. The molecule has 0 aliphatic carbocycles. The van der Waals surface area contributed by atoms with Crippen LogP contribution in [0.4, 0.5) is 0 Å². The van der Waals surface area contributed by atoms with Gasteiger partial charge in [0.1, 0.15) is 11.4 Å². The zero-order valence-corrected chi connectivity index (χ0v) is 11.3. The minimum absolute atomic E-state index is 0.142. The maximum Gasteiger partial charge on any atom is 0.355 e. The first kappa shape index (κ1) is 13.2. The summed E-state index contributed by atoms with van der Waals surface area (Å²) in [5, 5.41) is 0. The van der Waals surface area contributed by atoms with Crippen molar-refractivity contribution in [3.63, 3.8) is 0 Å². The Hall–Kier alpha value is -2.23. The van der Waals surface area contributed by atoms with E-state index >= 15 is 0 Å². The molecule has 0 aliphatic heterocycles. The van der Waals surface area contributed by atoms with Gasteiger partial charge in [0.25, 0.3) is 0 Å². The fourth-order valence-corrected chi connectivity index (χ4v) is 1.83. The summed E-state index contributed by atoms with van der Waals surface area (Å²) in [6.07, 6.45) is 1.97. The molecule has 0 saturated carbocycles. The lowest BCUT2D eigenvalue weighted by atomic mass is 10.3. The van der Waals surface area contributed by atoms with E-state index in [1.54, 1.807) is 10.6 Å². The maximum atomic E-state index is 11.6. The molecule has 0 unspecified atom stereocenters. The topological polar surface area (TPSA) is 40.5 Å². The highest BCUT2D eigenvalue weighted by molar-refractivity contribution is 5.88. The van der Waals surface area contributed by atoms with Gasteiger partial charge in [-0.15, -0.1) is 0 Å². The van der Waals surface area contributed by atoms with Gasteiger partial charge in [-0.3, -0.25) is 0 Å². The number of methoxy groups -OCH3 is 1. The zero-order chi connectivity index (χ0) is 13.8. The molecule has 0 N–H and O–H groups in total. The average Bonchev–Trinajstić information content (AvgIpc) is 2.87. The largest absolute Gasteiger partial charge is 0.491 e. The van der Waals surface area contributed by atoms with Crippen molar-refractivity contribution < 1.29 is 14.3 Å². The number of hydrogen-bond acceptors (Lipinski definition) is 3. The molecule has 1 aromatic carbocycles. The summed E-state index contributed by atoms with van der Waals surface area (Å²) in [5.74, 6) is 0.457. The summed E-state index contributed by atoms with van der Waals surface area (Å²) >= 11 is 0. The molecule has 1 aromatic heterocycles. The third kappa shape index (κ3) is 2.96. The van der Waals surface area contributed by atoms with Crippen LogP contribution in [0.25, 0.3) is 5.69 Å². The highest BCUT2D eigenvalue weighted by atomic mass is 16.5. The Kier molecular flexibility index (Phi) is 3.90. The maximum absolute atomic E-state index is 11.6. The molecular weight excluding hydrogens is 242 g/mol. The second-order valence-electron chi connectivity index (χ2n) is 4.42. The highest BCUT2D eigenvalue weighted by Crippen LogP contribution is 2.18. The molecule has 0 radical (unpaired) electrons. The van der Waals surface area contributed by atoms with E-state index in [2.05, 4.69) is 0 Å². The molecule has 100 valence electrons. The van der Waals surface area contributed by atoms with Gasteiger partial charge in [0.15, 0.2) is 0 Å². The third-order valence-corrected chi connectivity index (χ3v) is 2.63. The van der Waals surface area contributed by atoms with Crippen LogP contribution in [0.3, 0.4) is 0 Å². The van der Waals surface area contributed by atoms with Gasteiger partial charge in [-0.05, 0) is 50.2 Å². The van der Waals surface area contributed by atoms with Gasteiger partial charge in [0.2, 0.25) is 0 Å². The molecule has 4 nitrogen and oxygen atoms in total. The molecule has 0 saturated heterocycles. The molecule has 2 aromatic rings.